The van der Waals surface area contributed by atoms with Gasteiger partial charge in [-0.15, -0.1) is 0 Å². The van der Waals surface area contributed by atoms with Gasteiger partial charge in [-0.05, 0) is 67.8 Å². The molecule has 0 aromatic heterocycles. The van der Waals surface area contributed by atoms with E-state index >= 15 is 0 Å². The van der Waals surface area contributed by atoms with Gasteiger partial charge in [0, 0.05) is 67.0 Å². The minimum atomic E-state index is -0.463. The van der Waals surface area contributed by atoms with Crippen molar-refractivity contribution in [3.8, 4) is 0 Å². The van der Waals surface area contributed by atoms with Crippen molar-refractivity contribution in [2.24, 2.45) is 5.92 Å². The van der Waals surface area contributed by atoms with Crippen molar-refractivity contribution in [2.75, 3.05) is 36.9 Å². The number of ether oxygens (including phenoxy) is 1. The number of carbonyl (C=O) groups is 4. The average molecular weight is 602 g/mol. The van der Waals surface area contributed by atoms with Crippen molar-refractivity contribution in [1.29, 1.82) is 0 Å². The highest BCUT2D eigenvalue weighted by Gasteiger charge is 2.39. The van der Waals surface area contributed by atoms with Gasteiger partial charge in [-0.2, -0.15) is 0 Å². The Hall–Kier alpha value is -3.56. The number of piperidine rings is 1. The van der Waals surface area contributed by atoms with Gasteiger partial charge in [0.1, 0.15) is 6.61 Å². The Balaban J connectivity index is 1.24. The minimum absolute atomic E-state index is 0.0392. The lowest BCUT2D eigenvalue weighted by Crippen LogP contribution is -2.47. The van der Waals surface area contributed by atoms with E-state index in [1.54, 1.807) is 71.1 Å². The first-order valence-electron chi connectivity index (χ1n) is 13.5. The van der Waals surface area contributed by atoms with Crippen LogP contribution in [0.5, 0.6) is 0 Å². The number of amides is 4. The summed E-state index contributed by atoms with van der Waals surface area (Å²) in [7, 11) is 1.70. The van der Waals surface area contributed by atoms with Crippen LogP contribution in [0.25, 0.3) is 0 Å². The lowest BCUT2D eigenvalue weighted by molar-refractivity contribution is -0.130. The van der Waals surface area contributed by atoms with Crippen molar-refractivity contribution < 1.29 is 23.9 Å². The first kappa shape index (κ1) is 30.4. The molecule has 2 heterocycles. The highest BCUT2D eigenvalue weighted by Crippen LogP contribution is 2.28. The first-order valence-corrected chi connectivity index (χ1v) is 14.2. The summed E-state index contributed by atoms with van der Waals surface area (Å²) < 4.78 is 5.43. The molecule has 0 spiro atoms. The number of hydrogen-bond donors (Lipinski definition) is 1. The molecule has 0 aliphatic carbocycles. The quantitative estimate of drug-likeness (QED) is 0.403. The smallest absolute Gasteiger partial charge is 0.410 e. The molecule has 4 rings (SSSR count). The number of benzene rings is 2. The molecule has 2 fully saturated rings. The number of carbonyl (C=O) groups excluding carboxylic acids is 4. The molecule has 9 nitrogen and oxygen atoms in total. The van der Waals surface area contributed by atoms with E-state index in [4.69, 9.17) is 27.9 Å². The summed E-state index contributed by atoms with van der Waals surface area (Å²) in [6, 6.07) is 12.0. The first-order chi connectivity index (χ1) is 19.5. The van der Waals surface area contributed by atoms with Crippen LogP contribution in [0.4, 0.5) is 16.2 Å². The highest BCUT2D eigenvalue weighted by molar-refractivity contribution is 6.34. The molecule has 2 aromatic carbocycles. The number of nitrogens with zero attached hydrogens (tertiary/aromatic N) is 3. The van der Waals surface area contributed by atoms with Crippen LogP contribution in [0.3, 0.4) is 0 Å². The Kier molecular flexibility index (Phi) is 9.94. The van der Waals surface area contributed by atoms with E-state index in [0.29, 0.717) is 59.5 Å². The lowest BCUT2D eigenvalue weighted by Gasteiger charge is -2.36. The second kappa shape index (κ2) is 13.4. The highest BCUT2D eigenvalue weighted by atomic mass is 35.5. The van der Waals surface area contributed by atoms with E-state index in [0.717, 1.165) is 5.57 Å². The van der Waals surface area contributed by atoms with Crippen LogP contribution in [-0.2, 0) is 25.7 Å². The Bertz CT molecular complexity index is 1300. The standard InChI is InChI=1S/C30H34Cl2N4O5/c1-19(2)12-27(37)34(3)25-6-4-24(5-7-25)33-29(39)21-15-28(38)36(17-21)26-8-10-35(11-9-26)30(40)41-18-20-13-22(31)16-23(32)14-20/h4-7,13-14,16,21,26H,1,8-12,15,17-18H2,2-3H3,(H,33,39). The molecule has 2 aliphatic heterocycles. The maximum atomic E-state index is 13.0. The molecule has 1 N–H and O–H groups in total. The third-order valence-corrected chi connectivity index (χ3v) is 7.76. The molecule has 0 radical (unpaired) electrons. The van der Waals surface area contributed by atoms with Gasteiger partial charge >= 0.3 is 6.09 Å². The van der Waals surface area contributed by atoms with Crippen LogP contribution >= 0.6 is 23.2 Å². The van der Waals surface area contributed by atoms with Crippen molar-refractivity contribution in [1.82, 2.24) is 9.80 Å². The van der Waals surface area contributed by atoms with E-state index in [9.17, 15) is 19.2 Å². The van der Waals surface area contributed by atoms with Crippen LogP contribution < -0.4 is 10.2 Å². The van der Waals surface area contributed by atoms with E-state index in [-0.39, 0.29) is 43.2 Å². The molecule has 41 heavy (non-hydrogen) atoms. The van der Waals surface area contributed by atoms with E-state index < -0.39 is 12.0 Å². The van der Waals surface area contributed by atoms with E-state index in [1.165, 1.54) is 0 Å². The second-order valence-corrected chi connectivity index (χ2v) is 11.5. The largest absolute Gasteiger partial charge is 0.445 e. The fourth-order valence-corrected chi connectivity index (χ4v) is 5.66. The van der Waals surface area contributed by atoms with Crippen LogP contribution in [0.1, 0.15) is 38.2 Å². The SMILES string of the molecule is C=C(C)CC(=O)N(C)c1ccc(NC(=O)C2CC(=O)N(C3CCN(C(=O)OCc4cc(Cl)cc(Cl)c4)CC3)C2)cc1. The Morgan fingerprint density at radius 3 is 2.32 bits per heavy atom. The fourth-order valence-electron chi connectivity index (χ4n) is 5.08. The molecule has 1 atom stereocenters. The van der Waals surface area contributed by atoms with Crippen molar-refractivity contribution in [3.05, 3.63) is 70.2 Å². The molecule has 1 unspecified atom stereocenters. The Morgan fingerprint density at radius 2 is 1.71 bits per heavy atom. The summed E-state index contributed by atoms with van der Waals surface area (Å²) in [5.74, 6) is -0.807. The number of nitrogens with one attached hydrogen (secondary N) is 1. The molecule has 2 aromatic rings. The zero-order valence-corrected chi connectivity index (χ0v) is 24.7. The molecule has 11 heteroatoms. The van der Waals surface area contributed by atoms with Gasteiger partial charge in [0.25, 0.3) is 0 Å². The number of halogens is 2. The van der Waals surface area contributed by atoms with E-state index in [2.05, 4.69) is 11.9 Å². The summed E-state index contributed by atoms with van der Waals surface area (Å²) in [6.07, 6.45) is 1.20. The summed E-state index contributed by atoms with van der Waals surface area (Å²) in [6.45, 7) is 6.89. The summed E-state index contributed by atoms with van der Waals surface area (Å²) in [5.41, 5.74) is 2.79. The number of anilines is 2. The van der Waals surface area contributed by atoms with Gasteiger partial charge in [0.2, 0.25) is 17.7 Å². The molecular weight excluding hydrogens is 567 g/mol. The van der Waals surface area contributed by atoms with Crippen LogP contribution in [0, 0.1) is 5.92 Å². The Morgan fingerprint density at radius 1 is 1.07 bits per heavy atom. The molecule has 218 valence electrons. The zero-order valence-electron chi connectivity index (χ0n) is 23.2. The third-order valence-electron chi connectivity index (χ3n) is 7.33. The number of likely N-dealkylation sites (tertiary alicyclic amines) is 2. The average Bonchev–Trinajstić information content (AvgIpc) is 3.32. The third kappa shape index (κ3) is 8.01. The normalized spacial score (nSPS) is 17.4. The topological polar surface area (TPSA) is 99.3 Å². The molecular formula is C30H34Cl2N4O5. The lowest BCUT2D eigenvalue weighted by atomic mass is 10.0. The molecule has 4 amide bonds. The van der Waals surface area contributed by atoms with Gasteiger partial charge in [0.15, 0.2) is 0 Å². The predicted molar refractivity (Wildman–Crippen MR) is 159 cm³/mol. The molecule has 0 bridgehead atoms. The minimum Gasteiger partial charge on any atom is -0.445 e. The van der Waals surface area contributed by atoms with Crippen molar-refractivity contribution in [2.45, 2.75) is 45.3 Å². The molecule has 2 saturated heterocycles. The van der Waals surface area contributed by atoms with Crippen molar-refractivity contribution >= 4 is 58.4 Å². The fraction of sp³-hybridized carbons (Fsp3) is 0.400. The summed E-state index contributed by atoms with van der Waals surface area (Å²) in [5, 5.41) is 3.84. The van der Waals surface area contributed by atoms with Gasteiger partial charge in [-0.25, -0.2) is 4.79 Å². The van der Waals surface area contributed by atoms with Gasteiger partial charge in [-0.3, -0.25) is 14.4 Å². The van der Waals surface area contributed by atoms with Crippen molar-refractivity contribution in [3.63, 3.8) is 0 Å². The van der Waals surface area contributed by atoms with E-state index in [1.807, 2.05) is 0 Å². The zero-order chi connectivity index (χ0) is 29.7. The van der Waals surface area contributed by atoms with Gasteiger partial charge in [-0.1, -0.05) is 35.4 Å². The molecule has 0 saturated carbocycles. The monoisotopic (exact) mass is 600 g/mol. The van der Waals surface area contributed by atoms with Crippen LogP contribution in [0.15, 0.2) is 54.6 Å². The van der Waals surface area contributed by atoms with Crippen LogP contribution in [0.2, 0.25) is 10.0 Å². The maximum absolute atomic E-state index is 13.0. The molecule has 2 aliphatic rings. The van der Waals surface area contributed by atoms with Gasteiger partial charge in [0.05, 0.1) is 5.92 Å². The summed E-state index contributed by atoms with van der Waals surface area (Å²) >= 11 is 12.0. The number of hydrogen-bond acceptors (Lipinski definition) is 5. The Labute approximate surface area is 250 Å². The second-order valence-electron chi connectivity index (χ2n) is 10.6. The summed E-state index contributed by atoms with van der Waals surface area (Å²) in [4.78, 5) is 55.5. The number of rotatable bonds is 8. The predicted octanol–water partition coefficient (Wildman–Crippen LogP) is 5.51. The van der Waals surface area contributed by atoms with Crippen LogP contribution in [-0.4, -0.2) is 66.3 Å². The maximum Gasteiger partial charge on any atom is 0.410 e. The van der Waals surface area contributed by atoms with Gasteiger partial charge < -0.3 is 24.8 Å².